The molecule has 0 spiro atoms. The van der Waals surface area contributed by atoms with Crippen molar-refractivity contribution < 1.29 is 24.2 Å². The largest absolute Gasteiger partial charge is 0.481 e. The van der Waals surface area contributed by atoms with E-state index >= 15 is 0 Å². The van der Waals surface area contributed by atoms with E-state index < -0.39 is 17.6 Å². The Kier molecular flexibility index (Phi) is 4.96. The maximum Gasteiger partial charge on any atom is 0.408 e. The van der Waals surface area contributed by atoms with Gasteiger partial charge in [0.05, 0.1) is 6.42 Å². The standard InChI is InChI=1S/C22H22N2O5/c25-19(26)9-12-23-20(27)22(10-11-22)24-21(28)29-13-18-16-7-3-1-5-14(16)15-6-2-4-8-17(15)18/h1-8,18H,9-13H2,(H,23,27)(H,24,28)(H,25,26). The van der Waals surface area contributed by atoms with E-state index in [0.29, 0.717) is 12.8 Å². The number of fused-ring (bicyclic) bond motifs is 3. The predicted octanol–water partition coefficient (Wildman–Crippen LogP) is 2.65. The highest BCUT2D eigenvalue weighted by Crippen LogP contribution is 2.44. The minimum atomic E-state index is -0.986. The molecule has 0 aromatic heterocycles. The molecule has 2 aliphatic carbocycles. The summed E-state index contributed by atoms with van der Waals surface area (Å²) in [6.07, 6.45) is 0.219. The number of carboxylic acids is 1. The summed E-state index contributed by atoms with van der Waals surface area (Å²) in [5.74, 6) is -1.40. The number of alkyl carbamates (subject to hydrolysis) is 1. The first kappa shape index (κ1) is 19.0. The van der Waals surface area contributed by atoms with Crippen molar-refractivity contribution in [1.29, 1.82) is 0 Å². The number of ether oxygens (including phenoxy) is 1. The van der Waals surface area contributed by atoms with Crippen LogP contribution in [0.25, 0.3) is 11.1 Å². The molecule has 2 aliphatic rings. The zero-order valence-electron chi connectivity index (χ0n) is 15.8. The van der Waals surface area contributed by atoms with Gasteiger partial charge in [-0.05, 0) is 35.1 Å². The first-order valence-electron chi connectivity index (χ1n) is 9.63. The molecule has 7 heteroatoms. The zero-order chi connectivity index (χ0) is 20.4. The van der Waals surface area contributed by atoms with Crippen LogP contribution in [0.3, 0.4) is 0 Å². The van der Waals surface area contributed by atoms with Crippen molar-refractivity contribution in [3.05, 3.63) is 59.7 Å². The van der Waals surface area contributed by atoms with Crippen LogP contribution < -0.4 is 10.6 Å². The molecule has 0 heterocycles. The number of aliphatic carboxylic acids is 1. The topological polar surface area (TPSA) is 105 Å². The van der Waals surface area contributed by atoms with Crippen LogP contribution in [0.2, 0.25) is 0 Å². The summed E-state index contributed by atoms with van der Waals surface area (Å²) in [4.78, 5) is 35.2. The molecule has 7 nitrogen and oxygen atoms in total. The lowest BCUT2D eigenvalue weighted by molar-refractivity contribution is -0.137. The summed E-state index contributed by atoms with van der Waals surface area (Å²) >= 11 is 0. The van der Waals surface area contributed by atoms with Crippen LogP contribution in [0, 0.1) is 0 Å². The molecule has 0 bridgehead atoms. The van der Waals surface area contributed by atoms with Crippen LogP contribution in [0.5, 0.6) is 0 Å². The lowest BCUT2D eigenvalue weighted by Gasteiger charge is -2.19. The Morgan fingerprint density at radius 3 is 2.14 bits per heavy atom. The minimum absolute atomic E-state index is 0.0300. The molecule has 150 valence electrons. The van der Waals surface area contributed by atoms with Crippen molar-refractivity contribution in [2.24, 2.45) is 0 Å². The fourth-order valence-electron chi connectivity index (χ4n) is 3.82. The third-order valence-electron chi connectivity index (χ3n) is 5.49. The van der Waals surface area contributed by atoms with Crippen LogP contribution in [-0.2, 0) is 14.3 Å². The van der Waals surface area contributed by atoms with Crippen molar-refractivity contribution in [3.63, 3.8) is 0 Å². The predicted molar refractivity (Wildman–Crippen MR) is 105 cm³/mol. The first-order valence-corrected chi connectivity index (χ1v) is 9.63. The van der Waals surface area contributed by atoms with Crippen molar-refractivity contribution in [2.75, 3.05) is 13.2 Å². The molecule has 0 atom stereocenters. The van der Waals surface area contributed by atoms with Crippen molar-refractivity contribution in [1.82, 2.24) is 10.6 Å². The normalized spacial score (nSPS) is 15.7. The van der Waals surface area contributed by atoms with Crippen molar-refractivity contribution in [2.45, 2.75) is 30.7 Å². The van der Waals surface area contributed by atoms with Crippen LogP contribution in [0.4, 0.5) is 4.79 Å². The van der Waals surface area contributed by atoms with Gasteiger partial charge in [0.25, 0.3) is 0 Å². The molecule has 0 radical (unpaired) electrons. The summed E-state index contributed by atoms with van der Waals surface area (Å²) in [6, 6.07) is 16.1. The van der Waals surface area contributed by atoms with E-state index in [-0.39, 0.29) is 31.4 Å². The fraction of sp³-hybridized carbons (Fsp3) is 0.318. The van der Waals surface area contributed by atoms with Gasteiger partial charge in [-0.15, -0.1) is 0 Å². The monoisotopic (exact) mass is 394 g/mol. The van der Waals surface area contributed by atoms with Gasteiger partial charge in [0.1, 0.15) is 12.1 Å². The van der Waals surface area contributed by atoms with Gasteiger partial charge >= 0.3 is 12.1 Å². The Morgan fingerprint density at radius 2 is 1.59 bits per heavy atom. The quantitative estimate of drug-likeness (QED) is 0.670. The SMILES string of the molecule is O=C(O)CCNC(=O)C1(NC(=O)OCC2c3ccccc3-c3ccccc32)CC1. The Hall–Kier alpha value is -3.35. The average Bonchev–Trinajstić information content (AvgIpc) is 3.42. The van der Waals surface area contributed by atoms with E-state index in [1.165, 1.54) is 0 Å². The van der Waals surface area contributed by atoms with Gasteiger partial charge in [-0.25, -0.2) is 4.79 Å². The molecule has 0 unspecified atom stereocenters. The molecule has 3 N–H and O–H groups in total. The molecule has 29 heavy (non-hydrogen) atoms. The molecular weight excluding hydrogens is 372 g/mol. The van der Waals surface area contributed by atoms with E-state index in [1.54, 1.807) is 0 Å². The number of hydrogen-bond donors (Lipinski definition) is 3. The van der Waals surface area contributed by atoms with E-state index in [4.69, 9.17) is 9.84 Å². The lowest BCUT2D eigenvalue weighted by Crippen LogP contribution is -2.49. The Balaban J connectivity index is 1.37. The first-order chi connectivity index (χ1) is 14.0. The van der Waals surface area contributed by atoms with E-state index in [1.807, 2.05) is 36.4 Å². The van der Waals surface area contributed by atoms with Crippen LogP contribution in [-0.4, -0.2) is 41.8 Å². The van der Waals surface area contributed by atoms with Gasteiger partial charge in [0.2, 0.25) is 5.91 Å². The van der Waals surface area contributed by atoms with Gasteiger partial charge in [0.15, 0.2) is 0 Å². The number of amides is 2. The third-order valence-corrected chi connectivity index (χ3v) is 5.49. The molecule has 4 rings (SSSR count). The highest BCUT2D eigenvalue weighted by atomic mass is 16.5. The van der Waals surface area contributed by atoms with Crippen LogP contribution in [0.15, 0.2) is 48.5 Å². The van der Waals surface area contributed by atoms with Crippen molar-refractivity contribution in [3.8, 4) is 11.1 Å². The molecular formula is C22H22N2O5. The summed E-state index contributed by atoms with van der Waals surface area (Å²) in [5.41, 5.74) is 3.55. The lowest BCUT2D eigenvalue weighted by atomic mass is 9.98. The van der Waals surface area contributed by atoms with Gasteiger partial charge in [-0.1, -0.05) is 48.5 Å². The van der Waals surface area contributed by atoms with E-state index in [2.05, 4.69) is 22.8 Å². The number of rotatable bonds is 7. The minimum Gasteiger partial charge on any atom is -0.481 e. The number of carbonyl (C=O) groups is 3. The highest BCUT2D eigenvalue weighted by molar-refractivity contribution is 5.93. The molecule has 1 saturated carbocycles. The Labute approximate surface area is 168 Å². The van der Waals surface area contributed by atoms with E-state index in [0.717, 1.165) is 22.3 Å². The van der Waals surface area contributed by atoms with Gasteiger partial charge in [0, 0.05) is 12.5 Å². The van der Waals surface area contributed by atoms with Gasteiger partial charge < -0.3 is 20.5 Å². The Morgan fingerprint density at radius 1 is 1.00 bits per heavy atom. The number of carbonyl (C=O) groups excluding carboxylic acids is 2. The van der Waals surface area contributed by atoms with Gasteiger partial charge in [-0.2, -0.15) is 0 Å². The van der Waals surface area contributed by atoms with E-state index in [9.17, 15) is 14.4 Å². The summed E-state index contributed by atoms with van der Waals surface area (Å²) in [5, 5.41) is 13.9. The number of nitrogens with one attached hydrogen (secondary N) is 2. The summed E-state index contributed by atoms with van der Waals surface area (Å²) in [6.45, 7) is 0.207. The molecule has 1 fully saturated rings. The average molecular weight is 394 g/mol. The van der Waals surface area contributed by atoms with Crippen LogP contribution >= 0.6 is 0 Å². The molecule has 2 aromatic carbocycles. The summed E-state index contributed by atoms with van der Waals surface area (Å²) in [7, 11) is 0. The summed E-state index contributed by atoms with van der Waals surface area (Å²) < 4.78 is 5.48. The molecule has 0 saturated heterocycles. The van der Waals surface area contributed by atoms with Crippen LogP contribution in [0.1, 0.15) is 36.3 Å². The fourth-order valence-corrected chi connectivity index (χ4v) is 3.82. The van der Waals surface area contributed by atoms with Crippen molar-refractivity contribution >= 4 is 18.0 Å². The molecule has 2 aromatic rings. The number of carboxylic acid groups (broad SMARTS) is 1. The zero-order valence-corrected chi connectivity index (χ0v) is 15.8. The van der Waals surface area contributed by atoms with Gasteiger partial charge in [-0.3, -0.25) is 9.59 Å². The Bertz CT molecular complexity index is 922. The molecule has 0 aliphatic heterocycles. The number of benzene rings is 2. The smallest absolute Gasteiger partial charge is 0.408 e. The maximum atomic E-state index is 12.4. The third kappa shape index (κ3) is 3.81. The second-order valence-corrected chi connectivity index (χ2v) is 7.43. The number of hydrogen-bond acceptors (Lipinski definition) is 4. The second-order valence-electron chi connectivity index (χ2n) is 7.43. The molecule has 2 amide bonds. The second kappa shape index (κ2) is 7.58. The highest BCUT2D eigenvalue weighted by Gasteiger charge is 2.51. The maximum absolute atomic E-state index is 12.4.